The number of anilines is 1. The van der Waals surface area contributed by atoms with Gasteiger partial charge in [0.05, 0.1) is 6.20 Å². The first kappa shape index (κ1) is 14.1. The van der Waals surface area contributed by atoms with E-state index in [-0.39, 0.29) is 0 Å². The number of aryl methyl sites for hydroxylation is 1. The number of likely N-dealkylation sites (tertiary alicyclic amines) is 1. The van der Waals surface area contributed by atoms with Gasteiger partial charge in [-0.1, -0.05) is 0 Å². The molecule has 2 aromatic heterocycles. The van der Waals surface area contributed by atoms with Crippen molar-refractivity contribution in [3.63, 3.8) is 0 Å². The van der Waals surface area contributed by atoms with Gasteiger partial charge in [-0.25, -0.2) is 4.98 Å². The highest BCUT2D eigenvalue weighted by Crippen LogP contribution is 2.28. The Labute approximate surface area is 126 Å². The summed E-state index contributed by atoms with van der Waals surface area (Å²) in [6.45, 7) is 3.28. The highest BCUT2D eigenvalue weighted by atomic mass is 15.2. The molecule has 5 heteroatoms. The van der Waals surface area contributed by atoms with Gasteiger partial charge >= 0.3 is 0 Å². The lowest BCUT2D eigenvalue weighted by atomic mass is 9.91. The van der Waals surface area contributed by atoms with Crippen molar-refractivity contribution in [1.29, 1.82) is 0 Å². The predicted molar refractivity (Wildman–Crippen MR) is 84.2 cm³/mol. The van der Waals surface area contributed by atoms with E-state index in [1.54, 1.807) is 0 Å². The van der Waals surface area contributed by atoms with E-state index in [4.69, 9.17) is 0 Å². The first-order valence-electron chi connectivity index (χ1n) is 7.58. The topological polar surface area (TPSA) is 46.0 Å². The van der Waals surface area contributed by atoms with E-state index in [0.29, 0.717) is 5.92 Å². The molecular formula is C16H23N5. The molecule has 0 aromatic carbocycles. The van der Waals surface area contributed by atoms with E-state index < -0.39 is 0 Å². The number of nitrogens with zero attached hydrogens (tertiary/aromatic N) is 4. The Hall–Kier alpha value is -1.88. The van der Waals surface area contributed by atoms with Crippen molar-refractivity contribution in [2.24, 2.45) is 7.05 Å². The van der Waals surface area contributed by atoms with Crippen LogP contribution in [0.3, 0.4) is 0 Å². The van der Waals surface area contributed by atoms with Gasteiger partial charge in [0, 0.05) is 45.1 Å². The molecule has 1 fully saturated rings. The molecule has 1 saturated heterocycles. The number of piperidine rings is 1. The second-order valence-electron chi connectivity index (χ2n) is 5.82. The number of hydrogen-bond acceptors (Lipinski definition) is 4. The van der Waals surface area contributed by atoms with E-state index in [9.17, 15) is 0 Å². The van der Waals surface area contributed by atoms with Crippen molar-refractivity contribution >= 4 is 5.82 Å². The average Bonchev–Trinajstić information content (AvgIpc) is 2.93. The van der Waals surface area contributed by atoms with E-state index in [0.717, 1.165) is 18.9 Å². The summed E-state index contributed by atoms with van der Waals surface area (Å²) in [6.07, 6.45) is 8.49. The Kier molecular flexibility index (Phi) is 4.20. The Morgan fingerprint density at radius 3 is 3.10 bits per heavy atom. The van der Waals surface area contributed by atoms with E-state index in [1.807, 2.05) is 31.2 Å². The number of pyridine rings is 1. The third kappa shape index (κ3) is 3.42. The zero-order valence-electron chi connectivity index (χ0n) is 12.8. The SMILES string of the molecule is CNc1cc([C@@H]2CCCN(Cc3cnn(C)c3)C2)ccn1. The van der Waals surface area contributed by atoms with Crippen LogP contribution in [0.1, 0.15) is 29.9 Å². The summed E-state index contributed by atoms with van der Waals surface area (Å²) in [4.78, 5) is 6.84. The van der Waals surface area contributed by atoms with Gasteiger partial charge in [0.25, 0.3) is 0 Å². The maximum atomic E-state index is 4.31. The van der Waals surface area contributed by atoms with E-state index in [2.05, 4.69) is 38.6 Å². The monoisotopic (exact) mass is 285 g/mol. The third-order valence-corrected chi connectivity index (χ3v) is 4.18. The lowest BCUT2D eigenvalue weighted by Gasteiger charge is -2.32. The van der Waals surface area contributed by atoms with Crippen LogP contribution < -0.4 is 5.32 Å². The fourth-order valence-corrected chi connectivity index (χ4v) is 3.12. The van der Waals surface area contributed by atoms with Crippen LogP contribution in [0.2, 0.25) is 0 Å². The zero-order chi connectivity index (χ0) is 14.7. The van der Waals surface area contributed by atoms with Crippen molar-refractivity contribution < 1.29 is 0 Å². The van der Waals surface area contributed by atoms with Crippen molar-refractivity contribution in [2.75, 3.05) is 25.5 Å². The Bertz CT molecular complexity index is 592. The van der Waals surface area contributed by atoms with Gasteiger partial charge in [0.1, 0.15) is 5.82 Å². The fraction of sp³-hybridized carbons (Fsp3) is 0.500. The lowest BCUT2D eigenvalue weighted by molar-refractivity contribution is 0.200. The molecule has 0 bridgehead atoms. The van der Waals surface area contributed by atoms with Gasteiger partial charge in [0.15, 0.2) is 0 Å². The minimum absolute atomic E-state index is 0.602. The van der Waals surface area contributed by atoms with Crippen LogP contribution in [-0.2, 0) is 13.6 Å². The van der Waals surface area contributed by atoms with Gasteiger partial charge in [0.2, 0.25) is 0 Å². The molecule has 21 heavy (non-hydrogen) atoms. The predicted octanol–water partition coefficient (Wildman–Crippen LogP) is 2.24. The summed E-state index contributed by atoms with van der Waals surface area (Å²) >= 11 is 0. The molecule has 0 radical (unpaired) electrons. The van der Waals surface area contributed by atoms with Gasteiger partial charge in [-0.15, -0.1) is 0 Å². The molecule has 1 aliphatic heterocycles. The number of aromatic nitrogens is 3. The average molecular weight is 285 g/mol. The Morgan fingerprint density at radius 1 is 1.43 bits per heavy atom. The van der Waals surface area contributed by atoms with Gasteiger partial charge in [-0.3, -0.25) is 9.58 Å². The molecule has 0 spiro atoms. The summed E-state index contributed by atoms with van der Waals surface area (Å²) in [5, 5.41) is 7.38. The first-order chi connectivity index (χ1) is 10.2. The molecule has 0 saturated carbocycles. The smallest absolute Gasteiger partial charge is 0.125 e. The molecule has 2 aromatic rings. The number of hydrogen-bond donors (Lipinski definition) is 1. The Balaban J connectivity index is 1.67. The van der Waals surface area contributed by atoms with Crippen LogP contribution in [0.15, 0.2) is 30.7 Å². The third-order valence-electron chi connectivity index (χ3n) is 4.18. The lowest BCUT2D eigenvalue weighted by Crippen LogP contribution is -2.33. The first-order valence-corrected chi connectivity index (χ1v) is 7.58. The minimum atomic E-state index is 0.602. The van der Waals surface area contributed by atoms with Crippen molar-refractivity contribution in [3.05, 3.63) is 41.9 Å². The highest BCUT2D eigenvalue weighted by molar-refractivity contribution is 5.38. The maximum Gasteiger partial charge on any atom is 0.125 e. The van der Waals surface area contributed by atoms with Gasteiger partial charge < -0.3 is 5.32 Å². The summed E-state index contributed by atoms with van der Waals surface area (Å²) in [5.41, 5.74) is 2.69. The molecule has 1 atom stereocenters. The Morgan fingerprint density at radius 2 is 2.33 bits per heavy atom. The molecule has 3 heterocycles. The van der Waals surface area contributed by atoms with Gasteiger partial charge in [-0.2, -0.15) is 5.10 Å². The van der Waals surface area contributed by atoms with Crippen molar-refractivity contribution in [2.45, 2.75) is 25.3 Å². The van der Waals surface area contributed by atoms with Crippen LogP contribution in [0.5, 0.6) is 0 Å². The zero-order valence-corrected chi connectivity index (χ0v) is 12.8. The van der Waals surface area contributed by atoms with Crippen molar-refractivity contribution in [1.82, 2.24) is 19.7 Å². The van der Waals surface area contributed by atoms with E-state index >= 15 is 0 Å². The molecular weight excluding hydrogens is 262 g/mol. The molecule has 1 N–H and O–H groups in total. The second kappa shape index (κ2) is 6.26. The number of rotatable bonds is 4. The molecule has 5 nitrogen and oxygen atoms in total. The summed E-state index contributed by atoms with van der Waals surface area (Å²) < 4.78 is 1.87. The van der Waals surface area contributed by atoms with E-state index in [1.165, 1.54) is 30.5 Å². The number of nitrogens with one attached hydrogen (secondary N) is 1. The van der Waals surface area contributed by atoms with Crippen LogP contribution in [-0.4, -0.2) is 39.8 Å². The fourth-order valence-electron chi connectivity index (χ4n) is 3.12. The van der Waals surface area contributed by atoms with Crippen LogP contribution >= 0.6 is 0 Å². The second-order valence-corrected chi connectivity index (χ2v) is 5.82. The normalized spacial score (nSPS) is 19.6. The molecule has 112 valence electrons. The molecule has 1 aliphatic rings. The van der Waals surface area contributed by atoms with Crippen LogP contribution in [0.4, 0.5) is 5.82 Å². The molecule has 0 unspecified atom stereocenters. The summed E-state index contributed by atoms with van der Waals surface area (Å²) in [5.74, 6) is 1.56. The summed E-state index contributed by atoms with van der Waals surface area (Å²) in [7, 11) is 3.89. The minimum Gasteiger partial charge on any atom is -0.373 e. The van der Waals surface area contributed by atoms with Gasteiger partial charge in [-0.05, 0) is 43.0 Å². The molecule has 0 aliphatic carbocycles. The molecule has 3 rings (SSSR count). The van der Waals surface area contributed by atoms with Crippen molar-refractivity contribution in [3.8, 4) is 0 Å². The standard InChI is InChI=1S/C16H23N5/c1-17-16-8-14(5-6-18-16)15-4-3-7-21(12-15)11-13-9-19-20(2)10-13/h5-6,8-10,15H,3-4,7,11-12H2,1-2H3,(H,17,18)/t15-/m1/s1. The van der Waals surface area contributed by atoms with Crippen LogP contribution in [0.25, 0.3) is 0 Å². The highest BCUT2D eigenvalue weighted by Gasteiger charge is 2.22. The van der Waals surface area contributed by atoms with Crippen LogP contribution in [0, 0.1) is 0 Å². The largest absolute Gasteiger partial charge is 0.373 e. The molecule has 0 amide bonds. The quantitative estimate of drug-likeness (QED) is 0.936. The summed E-state index contributed by atoms with van der Waals surface area (Å²) in [6, 6.07) is 4.33. The maximum absolute atomic E-state index is 4.31.